The molecule has 1 heterocycles. The molecule has 2 aromatic rings. The molecule has 1 N–H and O–H groups in total. The van der Waals surface area contributed by atoms with Crippen molar-refractivity contribution in [3.63, 3.8) is 0 Å². The molecule has 0 radical (unpaired) electrons. The SMILES string of the molecule is CN=C(NCc1ccc(OC)cc1C(F)(F)F)N(C)Cc1csc(C)n1. The fraction of sp³-hybridized carbons (Fsp3) is 0.412. The largest absolute Gasteiger partial charge is 0.497 e. The van der Waals surface area contributed by atoms with E-state index in [2.05, 4.69) is 15.3 Å². The number of rotatable bonds is 5. The van der Waals surface area contributed by atoms with Gasteiger partial charge < -0.3 is 15.0 Å². The number of nitrogens with one attached hydrogen (secondary N) is 1. The quantitative estimate of drug-likeness (QED) is 0.629. The minimum absolute atomic E-state index is 0.00799. The van der Waals surface area contributed by atoms with Crippen LogP contribution in [0.2, 0.25) is 0 Å². The number of methoxy groups -OCH3 is 1. The van der Waals surface area contributed by atoms with E-state index < -0.39 is 11.7 Å². The second-order valence-electron chi connectivity index (χ2n) is 5.64. The smallest absolute Gasteiger partial charge is 0.416 e. The van der Waals surface area contributed by atoms with Crippen LogP contribution in [0.3, 0.4) is 0 Å². The predicted octanol–water partition coefficient (Wildman–Crippen LogP) is 3.69. The van der Waals surface area contributed by atoms with E-state index in [0.29, 0.717) is 12.5 Å². The van der Waals surface area contributed by atoms with Crippen LogP contribution in [-0.4, -0.2) is 37.0 Å². The molecule has 0 aliphatic rings. The molecule has 0 atom stereocenters. The highest BCUT2D eigenvalue weighted by molar-refractivity contribution is 7.09. The highest BCUT2D eigenvalue weighted by Crippen LogP contribution is 2.34. The van der Waals surface area contributed by atoms with Gasteiger partial charge in [-0.25, -0.2) is 4.98 Å². The molecule has 0 unspecified atom stereocenters. The van der Waals surface area contributed by atoms with E-state index in [1.165, 1.54) is 19.2 Å². The Morgan fingerprint density at radius 3 is 2.65 bits per heavy atom. The van der Waals surface area contributed by atoms with Crippen molar-refractivity contribution in [2.24, 2.45) is 4.99 Å². The Kier molecular flexibility index (Phi) is 6.47. The van der Waals surface area contributed by atoms with Crippen molar-refractivity contribution in [3.8, 4) is 5.75 Å². The molecule has 1 aromatic heterocycles. The number of guanidine groups is 1. The molecule has 0 fully saturated rings. The molecule has 1 aromatic carbocycles. The molecule has 0 bridgehead atoms. The van der Waals surface area contributed by atoms with Gasteiger partial charge in [-0.05, 0) is 24.6 Å². The first-order valence-corrected chi connectivity index (χ1v) is 8.69. The zero-order chi connectivity index (χ0) is 19.3. The normalized spacial score (nSPS) is 12.2. The Labute approximate surface area is 154 Å². The van der Waals surface area contributed by atoms with Crippen LogP contribution in [-0.2, 0) is 19.3 Å². The average Bonchev–Trinajstić information content (AvgIpc) is 2.99. The summed E-state index contributed by atoms with van der Waals surface area (Å²) >= 11 is 1.55. The van der Waals surface area contributed by atoms with Crippen molar-refractivity contribution >= 4 is 17.3 Å². The third-order valence-electron chi connectivity index (χ3n) is 3.70. The van der Waals surface area contributed by atoms with Crippen LogP contribution in [0.5, 0.6) is 5.75 Å². The first-order chi connectivity index (χ1) is 12.2. The number of thiazole rings is 1. The Morgan fingerprint density at radius 2 is 2.12 bits per heavy atom. The molecule has 0 saturated heterocycles. The van der Waals surface area contributed by atoms with Crippen LogP contribution in [0, 0.1) is 6.92 Å². The molecule has 9 heteroatoms. The van der Waals surface area contributed by atoms with Crippen LogP contribution in [0.4, 0.5) is 13.2 Å². The van der Waals surface area contributed by atoms with E-state index >= 15 is 0 Å². The summed E-state index contributed by atoms with van der Waals surface area (Å²) in [5.74, 6) is 0.654. The van der Waals surface area contributed by atoms with Crippen LogP contribution in [0.15, 0.2) is 28.6 Å². The van der Waals surface area contributed by atoms with Gasteiger partial charge >= 0.3 is 6.18 Å². The number of benzene rings is 1. The van der Waals surface area contributed by atoms with Gasteiger partial charge in [-0.15, -0.1) is 11.3 Å². The van der Waals surface area contributed by atoms with Crippen molar-refractivity contribution in [1.29, 1.82) is 0 Å². The van der Waals surface area contributed by atoms with E-state index in [4.69, 9.17) is 4.74 Å². The van der Waals surface area contributed by atoms with Crippen LogP contribution in [0.1, 0.15) is 21.8 Å². The lowest BCUT2D eigenvalue weighted by molar-refractivity contribution is -0.138. The van der Waals surface area contributed by atoms with E-state index in [1.54, 1.807) is 18.4 Å². The van der Waals surface area contributed by atoms with E-state index in [0.717, 1.165) is 16.8 Å². The summed E-state index contributed by atoms with van der Waals surface area (Å²) in [6.07, 6.45) is -4.46. The Hall–Kier alpha value is -2.29. The first-order valence-electron chi connectivity index (χ1n) is 7.81. The van der Waals surface area contributed by atoms with Crippen molar-refractivity contribution in [3.05, 3.63) is 45.4 Å². The van der Waals surface area contributed by atoms with Gasteiger partial charge in [0.15, 0.2) is 5.96 Å². The van der Waals surface area contributed by atoms with Crippen molar-refractivity contribution in [1.82, 2.24) is 15.2 Å². The summed E-state index contributed by atoms with van der Waals surface area (Å²) < 4.78 is 44.8. The van der Waals surface area contributed by atoms with Crippen LogP contribution in [0.25, 0.3) is 0 Å². The van der Waals surface area contributed by atoms with E-state index in [1.807, 2.05) is 24.3 Å². The zero-order valence-corrected chi connectivity index (χ0v) is 15.8. The number of nitrogens with zero attached hydrogens (tertiary/aromatic N) is 3. The molecule has 26 heavy (non-hydrogen) atoms. The summed E-state index contributed by atoms with van der Waals surface area (Å²) in [4.78, 5) is 10.3. The number of hydrogen-bond acceptors (Lipinski definition) is 4. The maximum absolute atomic E-state index is 13.3. The minimum Gasteiger partial charge on any atom is -0.497 e. The van der Waals surface area contributed by atoms with E-state index in [-0.39, 0.29) is 17.9 Å². The summed E-state index contributed by atoms with van der Waals surface area (Å²) in [5, 5.41) is 5.88. The number of hydrogen-bond donors (Lipinski definition) is 1. The highest BCUT2D eigenvalue weighted by Gasteiger charge is 2.33. The molecular weight excluding hydrogens is 365 g/mol. The third-order valence-corrected chi connectivity index (χ3v) is 4.52. The van der Waals surface area contributed by atoms with E-state index in [9.17, 15) is 13.2 Å². The molecule has 0 aliphatic carbocycles. The Balaban J connectivity index is 2.10. The topological polar surface area (TPSA) is 49.8 Å². The minimum atomic E-state index is -4.46. The second kappa shape index (κ2) is 8.39. The van der Waals surface area contributed by atoms with Crippen molar-refractivity contribution in [2.75, 3.05) is 21.2 Å². The lowest BCUT2D eigenvalue weighted by Gasteiger charge is -2.22. The molecule has 0 spiro atoms. The Morgan fingerprint density at radius 1 is 1.38 bits per heavy atom. The van der Waals surface area contributed by atoms with Gasteiger partial charge in [0.1, 0.15) is 5.75 Å². The predicted molar refractivity (Wildman–Crippen MR) is 96.5 cm³/mol. The van der Waals surface area contributed by atoms with Gasteiger partial charge in [-0.1, -0.05) is 6.07 Å². The monoisotopic (exact) mass is 386 g/mol. The molecule has 0 aliphatic heterocycles. The summed E-state index contributed by atoms with van der Waals surface area (Å²) in [6, 6.07) is 3.92. The lowest BCUT2D eigenvalue weighted by atomic mass is 10.1. The average molecular weight is 386 g/mol. The van der Waals surface area contributed by atoms with Crippen molar-refractivity contribution < 1.29 is 17.9 Å². The number of aliphatic imine (C=N–C) groups is 1. The summed E-state index contributed by atoms with van der Waals surface area (Å²) in [5.41, 5.74) is 0.285. The van der Waals surface area contributed by atoms with Gasteiger partial charge in [-0.2, -0.15) is 13.2 Å². The number of alkyl halides is 3. The van der Waals surface area contributed by atoms with Crippen LogP contribution >= 0.6 is 11.3 Å². The summed E-state index contributed by atoms with van der Waals surface area (Å²) in [6.45, 7) is 2.42. The summed E-state index contributed by atoms with van der Waals surface area (Å²) in [7, 11) is 4.73. The Bertz CT molecular complexity index is 774. The van der Waals surface area contributed by atoms with Gasteiger partial charge in [0, 0.05) is 26.0 Å². The molecule has 2 rings (SSSR count). The third kappa shape index (κ3) is 5.10. The zero-order valence-electron chi connectivity index (χ0n) is 15.0. The molecule has 142 valence electrons. The molecule has 5 nitrogen and oxygen atoms in total. The van der Waals surface area contributed by atoms with Gasteiger partial charge in [-0.3, -0.25) is 4.99 Å². The maximum Gasteiger partial charge on any atom is 0.416 e. The highest BCUT2D eigenvalue weighted by atomic mass is 32.1. The first kappa shape index (κ1) is 20.0. The van der Waals surface area contributed by atoms with Crippen molar-refractivity contribution in [2.45, 2.75) is 26.2 Å². The number of halogens is 3. The standard InChI is InChI=1S/C17H21F3N4OS/c1-11-23-13(10-26-11)9-24(3)16(21-2)22-8-12-5-6-14(25-4)7-15(12)17(18,19)20/h5-7,10H,8-9H2,1-4H3,(H,21,22). The van der Waals surface area contributed by atoms with Gasteiger partial charge in [0.05, 0.1) is 29.9 Å². The molecular formula is C17H21F3N4OS. The maximum atomic E-state index is 13.3. The molecule has 0 amide bonds. The fourth-order valence-electron chi connectivity index (χ4n) is 2.46. The van der Waals surface area contributed by atoms with Gasteiger partial charge in [0.2, 0.25) is 0 Å². The number of aromatic nitrogens is 1. The van der Waals surface area contributed by atoms with Gasteiger partial charge in [0.25, 0.3) is 0 Å². The lowest BCUT2D eigenvalue weighted by Crippen LogP contribution is -2.38. The second-order valence-corrected chi connectivity index (χ2v) is 6.70. The fourth-order valence-corrected chi connectivity index (χ4v) is 3.06. The molecule has 0 saturated carbocycles. The van der Waals surface area contributed by atoms with Crippen LogP contribution < -0.4 is 10.1 Å². The number of ether oxygens (including phenoxy) is 1. The number of aryl methyl sites for hydroxylation is 1.